The van der Waals surface area contributed by atoms with Gasteiger partial charge in [-0.1, -0.05) is 0 Å². The van der Waals surface area contributed by atoms with Gasteiger partial charge in [0.1, 0.15) is 21.2 Å². The first-order valence-corrected chi connectivity index (χ1v) is 8.59. The molecule has 0 aliphatic carbocycles. The van der Waals surface area contributed by atoms with E-state index in [1.54, 1.807) is 0 Å². The van der Waals surface area contributed by atoms with Crippen LogP contribution in [0.15, 0.2) is 33.5 Å². The van der Waals surface area contributed by atoms with E-state index in [0.29, 0.717) is 11.3 Å². The molecule has 0 unspecified atom stereocenters. The van der Waals surface area contributed by atoms with Gasteiger partial charge in [0.25, 0.3) is 5.91 Å². The lowest BCUT2D eigenvalue weighted by atomic mass is 10.1. The molecular weight excluding hydrogens is 308 g/mol. The number of hydrogen-bond acceptors (Lipinski definition) is 6. The van der Waals surface area contributed by atoms with Gasteiger partial charge in [-0.3, -0.25) is 9.59 Å². The molecule has 118 valence electrons. The highest BCUT2D eigenvalue weighted by atomic mass is 32.2. The van der Waals surface area contributed by atoms with E-state index in [1.165, 1.54) is 24.3 Å². The summed E-state index contributed by atoms with van der Waals surface area (Å²) < 4.78 is 27.4. The molecule has 1 aromatic carbocycles. The Morgan fingerprint density at radius 2 is 2.05 bits per heavy atom. The van der Waals surface area contributed by atoms with Crippen LogP contribution in [0.25, 0.3) is 11.0 Å². The Morgan fingerprint density at radius 3 is 2.68 bits per heavy atom. The molecule has 0 saturated heterocycles. The van der Waals surface area contributed by atoms with Crippen LogP contribution < -0.4 is 16.5 Å². The van der Waals surface area contributed by atoms with Gasteiger partial charge >= 0.3 is 0 Å². The SMILES string of the molecule is CS(=O)(=O)CCNC(=O)c1ccc2oc(CN)cc(=O)c2c1. The summed E-state index contributed by atoms with van der Waals surface area (Å²) in [4.78, 5) is 23.9. The minimum Gasteiger partial charge on any atom is -0.459 e. The Morgan fingerprint density at radius 1 is 1.32 bits per heavy atom. The summed E-state index contributed by atoms with van der Waals surface area (Å²) in [6, 6.07) is 5.72. The molecule has 1 heterocycles. The second-order valence-electron chi connectivity index (χ2n) is 4.88. The lowest BCUT2D eigenvalue weighted by Crippen LogP contribution is -2.28. The summed E-state index contributed by atoms with van der Waals surface area (Å²) in [5.74, 6) is -0.232. The first-order valence-electron chi connectivity index (χ1n) is 6.53. The average molecular weight is 324 g/mol. The third kappa shape index (κ3) is 3.92. The lowest BCUT2D eigenvalue weighted by molar-refractivity contribution is 0.0956. The summed E-state index contributed by atoms with van der Waals surface area (Å²) in [7, 11) is -3.14. The molecule has 3 N–H and O–H groups in total. The van der Waals surface area contributed by atoms with Crippen molar-refractivity contribution in [3.05, 3.63) is 45.8 Å². The molecule has 1 amide bonds. The summed E-state index contributed by atoms with van der Waals surface area (Å²) in [5.41, 5.74) is 5.75. The Labute approximate surface area is 127 Å². The van der Waals surface area contributed by atoms with Gasteiger partial charge in [0.05, 0.1) is 17.7 Å². The molecule has 0 radical (unpaired) electrons. The molecule has 0 spiro atoms. The van der Waals surface area contributed by atoms with Crippen LogP contribution >= 0.6 is 0 Å². The quantitative estimate of drug-likeness (QED) is 0.800. The number of fused-ring (bicyclic) bond motifs is 1. The van der Waals surface area contributed by atoms with E-state index < -0.39 is 15.7 Å². The van der Waals surface area contributed by atoms with Crippen molar-refractivity contribution in [2.75, 3.05) is 18.6 Å². The van der Waals surface area contributed by atoms with Crippen LogP contribution in [0.3, 0.4) is 0 Å². The molecule has 2 aromatic rings. The Hall–Kier alpha value is -2.19. The van der Waals surface area contributed by atoms with Crippen LogP contribution in [0.5, 0.6) is 0 Å². The van der Waals surface area contributed by atoms with Crippen LogP contribution in [0, 0.1) is 0 Å². The zero-order valence-corrected chi connectivity index (χ0v) is 12.8. The lowest BCUT2D eigenvalue weighted by Gasteiger charge is -2.06. The second kappa shape index (κ2) is 6.29. The highest BCUT2D eigenvalue weighted by molar-refractivity contribution is 7.90. The third-order valence-corrected chi connectivity index (χ3v) is 3.95. The zero-order valence-electron chi connectivity index (χ0n) is 12.0. The summed E-state index contributed by atoms with van der Waals surface area (Å²) in [6.45, 7) is 0.120. The molecule has 0 saturated carbocycles. The van der Waals surface area contributed by atoms with E-state index in [4.69, 9.17) is 10.2 Å². The Balaban J connectivity index is 2.24. The monoisotopic (exact) mass is 324 g/mol. The third-order valence-electron chi connectivity index (χ3n) is 3.00. The van der Waals surface area contributed by atoms with Crippen molar-refractivity contribution in [3.63, 3.8) is 0 Å². The van der Waals surface area contributed by atoms with Gasteiger partial charge in [-0.2, -0.15) is 0 Å². The second-order valence-corrected chi connectivity index (χ2v) is 7.14. The topological polar surface area (TPSA) is 119 Å². The van der Waals surface area contributed by atoms with Crippen molar-refractivity contribution in [1.29, 1.82) is 0 Å². The van der Waals surface area contributed by atoms with Gasteiger partial charge in [-0.25, -0.2) is 8.42 Å². The van der Waals surface area contributed by atoms with Gasteiger partial charge in [0, 0.05) is 24.4 Å². The minimum absolute atomic E-state index is 0.0103. The number of rotatable bonds is 5. The molecule has 8 heteroatoms. The largest absolute Gasteiger partial charge is 0.459 e. The van der Waals surface area contributed by atoms with Crippen molar-refractivity contribution in [2.24, 2.45) is 5.73 Å². The van der Waals surface area contributed by atoms with E-state index in [1.807, 2.05) is 0 Å². The Kier molecular flexibility index (Phi) is 4.62. The predicted molar refractivity (Wildman–Crippen MR) is 82.4 cm³/mol. The number of nitrogens with one attached hydrogen (secondary N) is 1. The number of hydrogen-bond donors (Lipinski definition) is 2. The van der Waals surface area contributed by atoms with Crippen molar-refractivity contribution in [1.82, 2.24) is 5.32 Å². The summed E-state index contributed by atoms with van der Waals surface area (Å²) in [5, 5.41) is 2.76. The molecule has 0 atom stereocenters. The van der Waals surface area contributed by atoms with Gasteiger partial charge in [-0.05, 0) is 18.2 Å². The molecule has 0 aliphatic heterocycles. The smallest absolute Gasteiger partial charge is 0.251 e. The fourth-order valence-electron chi connectivity index (χ4n) is 1.90. The molecule has 0 aliphatic rings. The highest BCUT2D eigenvalue weighted by Gasteiger charge is 2.11. The van der Waals surface area contributed by atoms with E-state index >= 15 is 0 Å². The average Bonchev–Trinajstić information content (AvgIpc) is 2.45. The van der Waals surface area contributed by atoms with Crippen LogP contribution in [-0.4, -0.2) is 32.9 Å². The van der Waals surface area contributed by atoms with Crippen LogP contribution in [0.1, 0.15) is 16.1 Å². The number of amides is 1. The molecule has 0 bridgehead atoms. The maximum atomic E-state index is 12.0. The number of benzene rings is 1. The minimum atomic E-state index is -3.14. The van der Waals surface area contributed by atoms with E-state index in [9.17, 15) is 18.0 Å². The van der Waals surface area contributed by atoms with E-state index in [2.05, 4.69) is 5.32 Å². The first-order chi connectivity index (χ1) is 10.3. The molecule has 2 rings (SSSR count). The van der Waals surface area contributed by atoms with Crippen molar-refractivity contribution < 1.29 is 17.6 Å². The maximum Gasteiger partial charge on any atom is 0.251 e. The summed E-state index contributed by atoms with van der Waals surface area (Å²) in [6.07, 6.45) is 1.09. The highest BCUT2D eigenvalue weighted by Crippen LogP contribution is 2.14. The number of sulfone groups is 1. The fraction of sp³-hybridized carbons (Fsp3) is 0.286. The number of carbonyl (C=O) groups excluding carboxylic acids is 1. The fourth-order valence-corrected chi connectivity index (χ4v) is 2.37. The van der Waals surface area contributed by atoms with Crippen LogP contribution in [-0.2, 0) is 16.4 Å². The molecular formula is C14H16N2O5S. The number of nitrogens with two attached hydrogens (primary N) is 1. The standard InChI is InChI=1S/C14H16N2O5S/c1-22(19,20)5-4-16-14(18)9-2-3-13-11(6-9)12(17)7-10(8-15)21-13/h2-3,6-7H,4-5,8,15H2,1H3,(H,16,18). The van der Waals surface area contributed by atoms with Crippen LogP contribution in [0.2, 0.25) is 0 Å². The maximum absolute atomic E-state index is 12.0. The molecule has 1 aromatic heterocycles. The predicted octanol–water partition coefficient (Wildman–Crippen LogP) is 0.0261. The normalized spacial score (nSPS) is 11.5. The van der Waals surface area contributed by atoms with Crippen molar-refractivity contribution in [3.8, 4) is 0 Å². The Bertz CT molecular complexity index is 870. The molecule has 0 fully saturated rings. The zero-order chi connectivity index (χ0) is 16.3. The van der Waals surface area contributed by atoms with Gasteiger partial charge in [0.15, 0.2) is 5.43 Å². The van der Waals surface area contributed by atoms with E-state index in [-0.39, 0.29) is 35.2 Å². The van der Waals surface area contributed by atoms with Gasteiger partial charge < -0.3 is 15.5 Å². The van der Waals surface area contributed by atoms with Crippen molar-refractivity contribution in [2.45, 2.75) is 6.54 Å². The van der Waals surface area contributed by atoms with Gasteiger partial charge in [0.2, 0.25) is 0 Å². The van der Waals surface area contributed by atoms with Gasteiger partial charge in [-0.15, -0.1) is 0 Å². The summed E-state index contributed by atoms with van der Waals surface area (Å²) >= 11 is 0. The number of carbonyl (C=O) groups is 1. The van der Waals surface area contributed by atoms with Crippen LogP contribution in [0.4, 0.5) is 0 Å². The van der Waals surface area contributed by atoms with E-state index in [0.717, 1.165) is 6.26 Å². The molecule has 22 heavy (non-hydrogen) atoms. The van der Waals surface area contributed by atoms with Crippen molar-refractivity contribution >= 4 is 26.7 Å². The first kappa shape index (κ1) is 16.2. The molecule has 7 nitrogen and oxygen atoms in total.